The third-order valence-corrected chi connectivity index (χ3v) is 3.34. The molecule has 1 amide bonds. The molecule has 0 bridgehead atoms. The van der Waals surface area contributed by atoms with Gasteiger partial charge < -0.3 is 4.90 Å². The van der Waals surface area contributed by atoms with Crippen molar-refractivity contribution >= 4 is 17.5 Å². The average molecular weight is 268 g/mol. The minimum absolute atomic E-state index is 0.0317. The topological polar surface area (TPSA) is 36.4 Å². The summed E-state index contributed by atoms with van der Waals surface area (Å²) in [5.74, 6) is 0.678. The second-order valence-corrected chi connectivity index (χ2v) is 4.86. The Morgan fingerprint density at radius 2 is 2.06 bits per heavy atom. The van der Waals surface area contributed by atoms with Crippen molar-refractivity contribution in [2.24, 2.45) is 0 Å². The summed E-state index contributed by atoms with van der Waals surface area (Å²) in [5.41, 5.74) is 1.42. The van der Waals surface area contributed by atoms with Crippen LogP contribution < -0.4 is 0 Å². The molecular weight excluding hydrogens is 250 g/mol. The number of piperazine rings is 1. The molecule has 18 heavy (non-hydrogen) atoms. The van der Waals surface area contributed by atoms with Crippen LogP contribution in [0.15, 0.2) is 18.2 Å². The van der Waals surface area contributed by atoms with Crippen molar-refractivity contribution in [3.63, 3.8) is 0 Å². The Morgan fingerprint density at radius 3 is 2.67 bits per heavy atom. The predicted octanol–water partition coefficient (Wildman–Crippen LogP) is 1.39. The maximum Gasteiger partial charge on any atom is 0.272 e. The summed E-state index contributed by atoms with van der Waals surface area (Å²) in [5, 5.41) is 0. The molecule has 0 saturated carbocycles. The van der Waals surface area contributed by atoms with Gasteiger partial charge in [-0.1, -0.05) is 6.07 Å². The molecule has 0 unspecified atom stereocenters. The number of amides is 1. The molecule has 1 aromatic rings. The first kappa shape index (κ1) is 13.3. The number of carbonyl (C=O) groups is 1. The second kappa shape index (κ2) is 6.16. The Bertz CT molecular complexity index is 416. The lowest BCUT2D eigenvalue weighted by Gasteiger charge is -2.34. The van der Waals surface area contributed by atoms with Crippen LogP contribution in [-0.4, -0.2) is 59.3 Å². The van der Waals surface area contributed by atoms with Gasteiger partial charge in [0.05, 0.1) is 0 Å². The van der Waals surface area contributed by atoms with Crippen molar-refractivity contribution < 1.29 is 4.79 Å². The van der Waals surface area contributed by atoms with Gasteiger partial charge >= 0.3 is 0 Å². The summed E-state index contributed by atoms with van der Waals surface area (Å²) >= 11 is 5.71. The Morgan fingerprint density at radius 1 is 1.33 bits per heavy atom. The molecule has 98 valence electrons. The van der Waals surface area contributed by atoms with Crippen LogP contribution in [0.5, 0.6) is 0 Å². The lowest BCUT2D eigenvalue weighted by molar-refractivity contribution is 0.0638. The Labute approximate surface area is 113 Å². The first-order chi connectivity index (χ1) is 8.70. The number of rotatable bonds is 3. The van der Waals surface area contributed by atoms with E-state index in [0.29, 0.717) is 11.6 Å². The van der Waals surface area contributed by atoms with Gasteiger partial charge in [-0.15, -0.1) is 11.6 Å². The number of hydrogen-bond acceptors (Lipinski definition) is 3. The number of halogens is 1. The van der Waals surface area contributed by atoms with E-state index in [9.17, 15) is 4.79 Å². The molecule has 2 heterocycles. The maximum absolute atomic E-state index is 12.2. The van der Waals surface area contributed by atoms with Gasteiger partial charge in [-0.05, 0) is 19.1 Å². The molecule has 4 nitrogen and oxygen atoms in total. The predicted molar refractivity (Wildman–Crippen MR) is 72.0 cm³/mol. The number of aryl methyl sites for hydroxylation is 1. The number of aromatic nitrogens is 1. The van der Waals surface area contributed by atoms with Gasteiger partial charge in [0.1, 0.15) is 5.69 Å². The first-order valence-corrected chi connectivity index (χ1v) is 6.75. The molecule has 0 aromatic carbocycles. The molecule has 1 fully saturated rings. The van der Waals surface area contributed by atoms with Crippen LogP contribution >= 0.6 is 11.6 Å². The maximum atomic E-state index is 12.2. The molecule has 5 heteroatoms. The summed E-state index contributed by atoms with van der Waals surface area (Å²) in [7, 11) is 0. The van der Waals surface area contributed by atoms with Gasteiger partial charge in [-0.25, -0.2) is 4.98 Å². The molecule has 0 aliphatic carbocycles. The SMILES string of the molecule is Cc1cccc(C(=O)N2CCN(CCCl)CC2)n1. The zero-order valence-electron chi connectivity index (χ0n) is 10.6. The van der Waals surface area contributed by atoms with Crippen LogP contribution in [0.3, 0.4) is 0 Å². The van der Waals surface area contributed by atoms with Crippen LogP contribution in [0, 0.1) is 6.92 Å². The minimum atomic E-state index is 0.0317. The van der Waals surface area contributed by atoms with Crippen molar-refractivity contribution in [2.45, 2.75) is 6.92 Å². The lowest BCUT2D eigenvalue weighted by atomic mass is 10.2. The fraction of sp³-hybridized carbons (Fsp3) is 0.538. The number of alkyl halides is 1. The first-order valence-electron chi connectivity index (χ1n) is 6.22. The smallest absolute Gasteiger partial charge is 0.272 e. The van der Waals surface area contributed by atoms with Gasteiger partial charge in [0.15, 0.2) is 0 Å². The van der Waals surface area contributed by atoms with Crippen LogP contribution in [0.4, 0.5) is 0 Å². The normalized spacial score (nSPS) is 16.9. The van der Waals surface area contributed by atoms with E-state index in [1.807, 2.05) is 24.0 Å². The zero-order valence-corrected chi connectivity index (χ0v) is 11.4. The van der Waals surface area contributed by atoms with Crippen molar-refractivity contribution in [1.29, 1.82) is 0 Å². The van der Waals surface area contributed by atoms with E-state index >= 15 is 0 Å². The molecule has 0 radical (unpaired) electrons. The standard InChI is InChI=1S/C13H18ClN3O/c1-11-3-2-4-12(15-11)13(18)17-9-7-16(6-5-14)8-10-17/h2-4H,5-10H2,1H3. The Balaban J connectivity index is 1.95. The van der Waals surface area contributed by atoms with E-state index in [0.717, 1.165) is 38.4 Å². The van der Waals surface area contributed by atoms with Gasteiger partial charge in [0, 0.05) is 44.3 Å². The minimum Gasteiger partial charge on any atom is -0.335 e. The quantitative estimate of drug-likeness (QED) is 0.777. The highest BCUT2D eigenvalue weighted by Crippen LogP contribution is 2.07. The summed E-state index contributed by atoms with van der Waals surface area (Å²) in [6.07, 6.45) is 0. The molecule has 1 aliphatic heterocycles. The van der Waals surface area contributed by atoms with Crippen LogP contribution in [0.2, 0.25) is 0 Å². The largest absolute Gasteiger partial charge is 0.335 e. The van der Waals surface area contributed by atoms with Crippen molar-refractivity contribution in [2.75, 3.05) is 38.6 Å². The van der Waals surface area contributed by atoms with Crippen LogP contribution in [0.1, 0.15) is 16.2 Å². The van der Waals surface area contributed by atoms with Gasteiger partial charge in [0.25, 0.3) is 5.91 Å². The fourth-order valence-electron chi connectivity index (χ4n) is 2.12. The molecule has 1 aromatic heterocycles. The van der Waals surface area contributed by atoms with E-state index in [1.54, 1.807) is 6.07 Å². The zero-order chi connectivity index (χ0) is 13.0. The summed E-state index contributed by atoms with van der Waals surface area (Å²) < 4.78 is 0. The lowest BCUT2D eigenvalue weighted by Crippen LogP contribution is -2.49. The van der Waals surface area contributed by atoms with E-state index < -0.39 is 0 Å². The summed E-state index contributed by atoms with van der Waals surface area (Å²) in [6.45, 7) is 6.09. The Hall–Kier alpha value is -1.13. The highest BCUT2D eigenvalue weighted by atomic mass is 35.5. The van der Waals surface area contributed by atoms with Crippen LogP contribution in [-0.2, 0) is 0 Å². The van der Waals surface area contributed by atoms with E-state index in [2.05, 4.69) is 9.88 Å². The molecule has 0 spiro atoms. The third-order valence-electron chi connectivity index (χ3n) is 3.17. The molecule has 1 aliphatic rings. The number of hydrogen-bond donors (Lipinski definition) is 0. The molecule has 1 saturated heterocycles. The fourth-order valence-corrected chi connectivity index (χ4v) is 2.36. The van der Waals surface area contributed by atoms with Crippen molar-refractivity contribution in [1.82, 2.24) is 14.8 Å². The monoisotopic (exact) mass is 267 g/mol. The molecule has 0 N–H and O–H groups in total. The van der Waals surface area contributed by atoms with Crippen molar-refractivity contribution in [3.05, 3.63) is 29.6 Å². The number of nitrogens with zero attached hydrogens (tertiary/aromatic N) is 3. The van der Waals surface area contributed by atoms with E-state index in [1.165, 1.54) is 0 Å². The van der Waals surface area contributed by atoms with E-state index in [-0.39, 0.29) is 5.91 Å². The van der Waals surface area contributed by atoms with Gasteiger partial charge in [0.2, 0.25) is 0 Å². The Kier molecular flexibility index (Phi) is 4.55. The summed E-state index contributed by atoms with van der Waals surface area (Å²) in [6, 6.07) is 5.55. The van der Waals surface area contributed by atoms with E-state index in [4.69, 9.17) is 11.6 Å². The number of carbonyl (C=O) groups excluding carboxylic acids is 1. The third kappa shape index (κ3) is 3.21. The van der Waals surface area contributed by atoms with Crippen LogP contribution in [0.25, 0.3) is 0 Å². The van der Waals surface area contributed by atoms with Gasteiger partial charge in [-0.3, -0.25) is 9.69 Å². The van der Waals surface area contributed by atoms with Crippen molar-refractivity contribution in [3.8, 4) is 0 Å². The second-order valence-electron chi connectivity index (χ2n) is 4.49. The number of pyridine rings is 1. The highest BCUT2D eigenvalue weighted by Gasteiger charge is 2.22. The summed E-state index contributed by atoms with van der Waals surface area (Å²) in [4.78, 5) is 20.7. The molecule has 0 atom stereocenters. The highest BCUT2D eigenvalue weighted by molar-refractivity contribution is 6.18. The molecule has 2 rings (SSSR count). The van der Waals surface area contributed by atoms with Gasteiger partial charge in [-0.2, -0.15) is 0 Å². The molecular formula is C13H18ClN3O. The average Bonchev–Trinajstić information content (AvgIpc) is 2.39.